The van der Waals surface area contributed by atoms with Crippen molar-refractivity contribution in [2.45, 2.75) is 19.8 Å². The van der Waals surface area contributed by atoms with Crippen LogP contribution in [-0.4, -0.2) is 57.3 Å². The number of hydrogen-bond donors (Lipinski definition) is 1. The molecule has 2 aliphatic heterocycles. The van der Waals surface area contributed by atoms with E-state index < -0.39 is 0 Å². The number of nitrogens with one attached hydrogen (secondary N) is 1. The molecule has 8 heteroatoms. The molecule has 176 valence electrons. The van der Waals surface area contributed by atoms with Crippen molar-refractivity contribution in [1.82, 2.24) is 19.3 Å². The average molecular weight is 467 g/mol. The largest absolute Gasteiger partial charge is 0.350 e. The van der Waals surface area contributed by atoms with Crippen LogP contribution in [0.3, 0.4) is 0 Å². The Labute approximate surface area is 203 Å². The smallest absolute Gasteiger partial charge is 0.228 e. The Morgan fingerprint density at radius 2 is 1.86 bits per heavy atom. The van der Waals surface area contributed by atoms with E-state index in [1.807, 2.05) is 47.6 Å². The van der Waals surface area contributed by atoms with Gasteiger partial charge < -0.3 is 15.1 Å². The van der Waals surface area contributed by atoms with Gasteiger partial charge in [-0.05, 0) is 23.3 Å². The number of piperazine rings is 1. The van der Waals surface area contributed by atoms with Crippen molar-refractivity contribution in [1.29, 1.82) is 0 Å². The molecular weight excluding hydrogens is 440 g/mol. The molecule has 4 heterocycles. The zero-order valence-electron chi connectivity index (χ0n) is 19.6. The Bertz CT molecular complexity index is 1440. The van der Waals surface area contributed by atoms with Gasteiger partial charge in [-0.15, -0.1) is 0 Å². The summed E-state index contributed by atoms with van der Waals surface area (Å²) >= 11 is 0. The van der Waals surface area contributed by atoms with Gasteiger partial charge in [0.25, 0.3) is 0 Å². The molecule has 0 spiro atoms. The van der Waals surface area contributed by atoms with E-state index in [0.717, 1.165) is 52.8 Å². The lowest BCUT2D eigenvalue weighted by molar-refractivity contribution is -0.129. The highest BCUT2D eigenvalue weighted by Gasteiger charge is 2.25. The first kappa shape index (κ1) is 21.3. The third-order valence-electron chi connectivity index (χ3n) is 6.84. The molecule has 1 saturated heterocycles. The summed E-state index contributed by atoms with van der Waals surface area (Å²) in [6.45, 7) is 4.40. The third kappa shape index (κ3) is 3.90. The van der Waals surface area contributed by atoms with Crippen LogP contribution in [0.25, 0.3) is 16.9 Å². The van der Waals surface area contributed by atoms with Gasteiger partial charge in [-0.25, -0.2) is 9.97 Å². The molecule has 1 fully saturated rings. The van der Waals surface area contributed by atoms with Crippen LogP contribution in [0.15, 0.2) is 60.9 Å². The highest BCUT2D eigenvalue weighted by Crippen LogP contribution is 2.34. The zero-order valence-corrected chi connectivity index (χ0v) is 19.6. The zero-order chi connectivity index (χ0) is 23.9. The Hall–Kier alpha value is -4.20. The van der Waals surface area contributed by atoms with E-state index in [4.69, 9.17) is 9.97 Å². The summed E-state index contributed by atoms with van der Waals surface area (Å²) in [7, 11) is 0. The fourth-order valence-electron chi connectivity index (χ4n) is 5.06. The topological polar surface area (TPSA) is 82.8 Å². The van der Waals surface area contributed by atoms with Crippen molar-refractivity contribution in [2.75, 3.05) is 36.4 Å². The first-order valence-electron chi connectivity index (χ1n) is 11.9. The number of nitrogens with zero attached hydrogens (tertiary/aromatic N) is 5. The van der Waals surface area contributed by atoms with Crippen molar-refractivity contribution in [3.8, 4) is 11.3 Å². The van der Waals surface area contributed by atoms with E-state index >= 15 is 0 Å². The van der Waals surface area contributed by atoms with Crippen molar-refractivity contribution in [3.63, 3.8) is 0 Å². The second-order valence-electron chi connectivity index (χ2n) is 9.10. The number of rotatable bonds is 4. The normalized spacial score (nSPS) is 15.4. The van der Waals surface area contributed by atoms with Crippen molar-refractivity contribution >= 4 is 29.0 Å². The number of fused-ring (bicyclic) bond motifs is 2. The maximum atomic E-state index is 11.9. The Balaban J connectivity index is 1.46. The van der Waals surface area contributed by atoms with Crippen molar-refractivity contribution < 1.29 is 9.59 Å². The minimum atomic E-state index is 0.0241. The number of anilines is 2. The predicted octanol–water partition coefficient (Wildman–Crippen LogP) is 3.15. The summed E-state index contributed by atoms with van der Waals surface area (Å²) in [5, 5.41) is 2.92. The van der Waals surface area contributed by atoms with Crippen molar-refractivity contribution in [3.05, 3.63) is 77.7 Å². The number of imidazole rings is 1. The van der Waals surface area contributed by atoms with Gasteiger partial charge in [0.1, 0.15) is 0 Å². The fraction of sp³-hybridized carbons (Fsp3) is 0.259. The average Bonchev–Trinajstić information content (AvgIpc) is 3.43. The molecule has 4 aromatic rings. The van der Waals surface area contributed by atoms with Gasteiger partial charge >= 0.3 is 0 Å². The maximum absolute atomic E-state index is 11.9. The number of hydrogen-bond acceptors (Lipinski definition) is 5. The Morgan fingerprint density at radius 1 is 1.06 bits per heavy atom. The van der Waals surface area contributed by atoms with Crippen LogP contribution >= 0.6 is 0 Å². The molecule has 2 amide bonds. The summed E-state index contributed by atoms with van der Waals surface area (Å²) < 4.78 is 2.11. The summed E-state index contributed by atoms with van der Waals surface area (Å²) in [5.41, 5.74) is 6.86. The van der Waals surface area contributed by atoms with E-state index in [2.05, 4.69) is 32.8 Å². The minimum Gasteiger partial charge on any atom is -0.350 e. The van der Waals surface area contributed by atoms with E-state index in [1.165, 1.54) is 5.56 Å². The molecule has 0 aliphatic carbocycles. The van der Waals surface area contributed by atoms with Crippen LogP contribution < -0.4 is 10.2 Å². The number of benzene rings is 2. The molecule has 2 aliphatic rings. The second-order valence-corrected chi connectivity index (χ2v) is 9.10. The van der Waals surface area contributed by atoms with Crippen molar-refractivity contribution in [2.24, 2.45) is 0 Å². The molecule has 0 saturated carbocycles. The van der Waals surface area contributed by atoms with E-state index in [-0.39, 0.29) is 11.8 Å². The number of carbonyl (C=O) groups is 2. The highest BCUT2D eigenvalue weighted by atomic mass is 16.2. The lowest BCUT2D eigenvalue weighted by atomic mass is 10.0. The van der Waals surface area contributed by atoms with Crippen LogP contribution in [0, 0.1) is 0 Å². The monoisotopic (exact) mass is 466 g/mol. The van der Waals surface area contributed by atoms with Crippen LogP contribution in [0.5, 0.6) is 0 Å². The second kappa shape index (κ2) is 8.54. The molecule has 0 unspecified atom stereocenters. The summed E-state index contributed by atoms with van der Waals surface area (Å²) in [5.74, 6) is 0.957. The standard InChI is InChI=1S/C27H26N6O2/c1-18(34)31-11-13-32(14-12-31)26-27-30-23(15-19-5-3-2-4-6-19)25(33(27)10-9-28-26)20-7-8-22-21(16-20)17-24(35)29-22/h2-10,16H,11-15,17H2,1H3,(H,29,35). The number of amides is 2. The van der Waals surface area contributed by atoms with Crippen LogP contribution in [0.1, 0.15) is 23.7 Å². The molecule has 6 rings (SSSR count). The summed E-state index contributed by atoms with van der Waals surface area (Å²) in [4.78, 5) is 37.6. The number of aromatic nitrogens is 3. The lowest BCUT2D eigenvalue weighted by Crippen LogP contribution is -2.48. The molecular formula is C27H26N6O2. The molecule has 8 nitrogen and oxygen atoms in total. The van der Waals surface area contributed by atoms with Gasteiger partial charge in [-0.2, -0.15) is 0 Å². The van der Waals surface area contributed by atoms with E-state index in [0.29, 0.717) is 25.9 Å². The van der Waals surface area contributed by atoms with Crippen LogP contribution in [0.4, 0.5) is 11.5 Å². The SMILES string of the molecule is CC(=O)N1CCN(c2nccn3c(-c4ccc5c(c4)CC(=O)N5)c(Cc4ccccc4)nc23)CC1. The Kier molecular flexibility index (Phi) is 5.21. The van der Waals surface area contributed by atoms with Gasteiger partial charge in [0, 0.05) is 63.2 Å². The quantitative estimate of drug-likeness (QED) is 0.500. The van der Waals surface area contributed by atoms with Crippen LogP contribution in [0.2, 0.25) is 0 Å². The molecule has 1 N–H and O–H groups in total. The first-order chi connectivity index (χ1) is 17.1. The lowest BCUT2D eigenvalue weighted by Gasteiger charge is -2.34. The molecule has 2 aromatic heterocycles. The first-order valence-corrected chi connectivity index (χ1v) is 11.9. The summed E-state index contributed by atoms with van der Waals surface area (Å²) in [6, 6.07) is 16.4. The molecule has 0 bridgehead atoms. The minimum absolute atomic E-state index is 0.0241. The molecule has 0 radical (unpaired) electrons. The predicted molar refractivity (Wildman–Crippen MR) is 134 cm³/mol. The summed E-state index contributed by atoms with van der Waals surface area (Å²) in [6.07, 6.45) is 4.85. The molecule has 0 atom stereocenters. The van der Waals surface area contributed by atoms with E-state index in [1.54, 1.807) is 6.92 Å². The van der Waals surface area contributed by atoms with E-state index in [9.17, 15) is 9.59 Å². The maximum Gasteiger partial charge on any atom is 0.228 e. The Morgan fingerprint density at radius 3 is 2.63 bits per heavy atom. The van der Waals surface area contributed by atoms with Crippen LogP contribution in [-0.2, 0) is 22.4 Å². The molecule has 2 aromatic carbocycles. The number of carbonyl (C=O) groups excluding carboxylic acids is 2. The van der Waals surface area contributed by atoms with Gasteiger partial charge in [0.05, 0.1) is 17.8 Å². The third-order valence-corrected chi connectivity index (χ3v) is 6.84. The molecule has 35 heavy (non-hydrogen) atoms. The van der Waals surface area contributed by atoms with Gasteiger partial charge in [-0.1, -0.05) is 36.4 Å². The van der Waals surface area contributed by atoms with Gasteiger partial charge in [0.15, 0.2) is 11.5 Å². The van der Waals surface area contributed by atoms with Gasteiger partial charge in [-0.3, -0.25) is 14.0 Å². The van der Waals surface area contributed by atoms with Gasteiger partial charge in [0.2, 0.25) is 11.8 Å². The fourth-order valence-corrected chi connectivity index (χ4v) is 5.06. The highest BCUT2D eigenvalue weighted by molar-refractivity contribution is 5.99.